The third-order valence-corrected chi connectivity index (χ3v) is 6.82. The van der Waals surface area contributed by atoms with Crippen LogP contribution in [0.5, 0.6) is 5.75 Å². The minimum Gasteiger partial charge on any atom is -0.497 e. The number of anilines is 1. The molecule has 2 aromatic carbocycles. The first-order valence-electron chi connectivity index (χ1n) is 11.1. The van der Waals surface area contributed by atoms with Crippen molar-refractivity contribution < 1.29 is 22.7 Å². The zero-order chi connectivity index (χ0) is 26.6. The van der Waals surface area contributed by atoms with Crippen LogP contribution in [0.2, 0.25) is 5.02 Å². The number of amides is 2. The molecule has 0 unspecified atom stereocenters. The van der Waals surface area contributed by atoms with Crippen LogP contribution >= 0.6 is 11.6 Å². The van der Waals surface area contributed by atoms with E-state index in [9.17, 15) is 18.0 Å². The van der Waals surface area contributed by atoms with Crippen molar-refractivity contribution in [2.45, 2.75) is 52.7 Å². The summed E-state index contributed by atoms with van der Waals surface area (Å²) in [5.41, 5.74) is 1.28. The second-order valence-electron chi connectivity index (χ2n) is 9.49. The lowest BCUT2D eigenvalue weighted by molar-refractivity contribution is -0.140. The molecule has 8 nitrogen and oxygen atoms in total. The maximum Gasteiger partial charge on any atom is 0.244 e. The van der Waals surface area contributed by atoms with Crippen LogP contribution in [0, 0.1) is 6.92 Å². The number of nitrogens with one attached hydrogen (secondary N) is 1. The SMILES string of the molecule is COc1cccc(CN(C(=O)CN(c2ccc(C)c(Cl)c2)S(C)(=O)=O)[C@@H](C)C(=O)NC(C)(C)C)c1. The number of sulfonamides is 1. The summed E-state index contributed by atoms with van der Waals surface area (Å²) in [4.78, 5) is 27.9. The van der Waals surface area contributed by atoms with Crippen LogP contribution in [-0.2, 0) is 26.2 Å². The number of rotatable bonds is 9. The second-order valence-corrected chi connectivity index (χ2v) is 11.8. The quantitative estimate of drug-likeness (QED) is 0.540. The molecule has 10 heteroatoms. The molecular formula is C25H34ClN3O5S. The Morgan fingerprint density at radius 3 is 2.34 bits per heavy atom. The van der Waals surface area contributed by atoms with E-state index in [-0.39, 0.29) is 18.1 Å². The van der Waals surface area contributed by atoms with Crippen LogP contribution in [0.15, 0.2) is 42.5 Å². The molecule has 2 aromatic rings. The van der Waals surface area contributed by atoms with Crippen molar-refractivity contribution in [3.05, 3.63) is 58.6 Å². The summed E-state index contributed by atoms with van der Waals surface area (Å²) in [6.45, 7) is 8.55. The van der Waals surface area contributed by atoms with Crippen molar-refractivity contribution in [3.8, 4) is 5.75 Å². The van der Waals surface area contributed by atoms with Gasteiger partial charge in [0.1, 0.15) is 18.3 Å². The molecule has 1 atom stereocenters. The third kappa shape index (κ3) is 8.14. The van der Waals surface area contributed by atoms with Gasteiger partial charge >= 0.3 is 0 Å². The number of ether oxygens (including phenoxy) is 1. The van der Waals surface area contributed by atoms with E-state index < -0.39 is 34.1 Å². The maximum absolute atomic E-state index is 13.6. The summed E-state index contributed by atoms with van der Waals surface area (Å²) in [6.07, 6.45) is 1.02. The van der Waals surface area contributed by atoms with Gasteiger partial charge in [-0.1, -0.05) is 29.8 Å². The fourth-order valence-corrected chi connectivity index (χ4v) is 4.39. The van der Waals surface area contributed by atoms with Gasteiger partial charge in [0.25, 0.3) is 0 Å². The van der Waals surface area contributed by atoms with Gasteiger partial charge in [0.15, 0.2) is 0 Å². The van der Waals surface area contributed by atoms with Crippen LogP contribution in [-0.4, -0.2) is 56.6 Å². The molecule has 192 valence electrons. The molecule has 0 bridgehead atoms. The number of methoxy groups -OCH3 is 1. The molecule has 0 heterocycles. The lowest BCUT2D eigenvalue weighted by Gasteiger charge is -2.33. The van der Waals surface area contributed by atoms with Gasteiger partial charge in [-0.15, -0.1) is 0 Å². The fourth-order valence-electron chi connectivity index (χ4n) is 3.37. The van der Waals surface area contributed by atoms with E-state index in [1.807, 2.05) is 26.8 Å². The summed E-state index contributed by atoms with van der Waals surface area (Å²) in [5, 5.41) is 3.27. The molecule has 0 radical (unpaired) electrons. The average molecular weight is 524 g/mol. The molecule has 0 aliphatic rings. The Hall–Kier alpha value is -2.78. The number of hydrogen-bond acceptors (Lipinski definition) is 5. The number of hydrogen-bond donors (Lipinski definition) is 1. The molecular weight excluding hydrogens is 490 g/mol. The fraction of sp³-hybridized carbons (Fsp3) is 0.440. The van der Waals surface area contributed by atoms with Crippen LogP contribution in [0.4, 0.5) is 5.69 Å². The lowest BCUT2D eigenvalue weighted by Crippen LogP contribution is -2.54. The molecule has 1 N–H and O–H groups in total. The van der Waals surface area contributed by atoms with E-state index in [1.54, 1.807) is 44.2 Å². The predicted octanol–water partition coefficient (Wildman–Crippen LogP) is 3.76. The first-order chi connectivity index (χ1) is 16.1. The maximum atomic E-state index is 13.6. The third-order valence-electron chi connectivity index (χ3n) is 5.28. The highest BCUT2D eigenvalue weighted by Gasteiger charge is 2.31. The Morgan fingerprint density at radius 2 is 1.80 bits per heavy atom. The van der Waals surface area contributed by atoms with E-state index in [2.05, 4.69) is 5.32 Å². The van der Waals surface area contributed by atoms with E-state index in [0.717, 1.165) is 21.7 Å². The molecule has 0 aromatic heterocycles. The molecule has 2 rings (SSSR count). The highest BCUT2D eigenvalue weighted by Crippen LogP contribution is 2.25. The zero-order valence-corrected chi connectivity index (χ0v) is 22.8. The summed E-state index contributed by atoms with van der Waals surface area (Å²) < 4.78 is 31.5. The average Bonchev–Trinajstić information content (AvgIpc) is 2.75. The molecule has 0 saturated heterocycles. The van der Waals surface area contributed by atoms with Gasteiger partial charge in [-0.3, -0.25) is 13.9 Å². The minimum absolute atomic E-state index is 0.0843. The Bertz CT molecular complexity index is 1180. The van der Waals surface area contributed by atoms with E-state index in [1.165, 1.54) is 18.1 Å². The van der Waals surface area contributed by atoms with Crippen molar-refractivity contribution >= 4 is 39.1 Å². The summed E-state index contributed by atoms with van der Waals surface area (Å²) >= 11 is 6.21. The number of benzene rings is 2. The Balaban J connectivity index is 2.44. The van der Waals surface area contributed by atoms with E-state index >= 15 is 0 Å². The number of halogens is 1. The number of carbonyl (C=O) groups excluding carboxylic acids is 2. The van der Waals surface area contributed by atoms with Gasteiger partial charge in [-0.25, -0.2) is 8.42 Å². The van der Waals surface area contributed by atoms with Crippen molar-refractivity contribution in [2.75, 3.05) is 24.2 Å². The number of aryl methyl sites for hydroxylation is 1. The van der Waals surface area contributed by atoms with Gasteiger partial charge in [0.05, 0.1) is 19.1 Å². The second kappa shape index (κ2) is 11.3. The smallest absolute Gasteiger partial charge is 0.244 e. The Labute approximate surface area is 213 Å². The van der Waals surface area contributed by atoms with E-state index in [4.69, 9.17) is 16.3 Å². The molecule has 0 saturated carbocycles. The Morgan fingerprint density at radius 1 is 1.14 bits per heavy atom. The minimum atomic E-state index is -3.83. The van der Waals surface area contributed by atoms with Gasteiger partial charge in [0.2, 0.25) is 21.8 Å². The van der Waals surface area contributed by atoms with Crippen molar-refractivity contribution in [1.29, 1.82) is 0 Å². The van der Waals surface area contributed by atoms with Crippen LogP contribution in [0.1, 0.15) is 38.8 Å². The van der Waals surface area contributed by atoms with Crippen LogP contribution in [0.25, 0.3) is 0 Å². The van der Waals surface area contributed by atoms with Gasteiger partial charge in [0, 0.05) is 17.1 Å². The lowest BCUT2D eigenvalue weighted by atomic mass is 10.1. The summed E-state index contributed by atoms with van der Waals surface area (Å²) in [7, 11) is -2.29. The first-order valence-corrected chi connectivity index (χ1v) is 13.3. The monoisotopic (exact) mass is 523 g/mol. The Kier molecular flexibility index (Phi) is 9.19. The highest BCUT2D eigenvalue weighted by molar-refractivity contribution is 7.92. The highest BCUT2D eigenvalue weighted by atomic mass is 35.5. The molecule has 0 fully saturated rings. The van der Waals surface area contributed by atoms with Gasteiger partial charge in [-0.2, -0.15) is 0 Å². The van der Waals surface area contributed by atoms with Gasteiger partial charge in [-0.05, 0) is 70.0 Å². The van der Waals surface area contributed by atoms with Crippen molar-refractivity contribution in [2.24, 2.45) is 0 Å². The topological polar surface area (TPSA) is 96.0 Å². The molecule has 0 aliphatic carbocycles. The van der Waals surface area contributed by atoms with Gasteiger partial charge < -0.3 is 15.0 Å². The van der Waals surface area contributed by atoms with Crippen LogP contribution in [0.3, 0.4) is 0 Å². The zero-order valence-electron chi connectivity index (χ0n) is 21.3. The summed E-state index contributed by atoms with van der Waals surface area (Å²) in [5.74, 6) is -0.279. The van der Waals surface area contributed by atoms with Crippen LogP contribution < -0.4 is 14.4 Å². The normalized spacial score (nSPS) is 12.6. The number of nitrogens with zero attached hydrogens (tertiary/aromatic N) is 2. The largest absolute Gasteiger partial charge is 0.497 e. The molecule has 0 spiro atoms. The van der Waals surface area contributed by atoms with E-state index in [0.29, 0.717) is 10.8 Å². The predicted molar refractivity (Wildman–Crippen MR) is 139 cm³/mol. The molecule has 2 amide bonds. The van der Waals surface area contributed by atoms with Crippen molar-refractivity contribution in [3.63, 3.8) is 0 Å². The van der Waals surface area contributed by atoms with Crippen molar-refractivity contribution in [1.82, 2.24) is 10.2 Å². The summed E-state index contributed by atoms with van der Waals surface area (Å²) in [6, 6.07) is 11.1. The number of carbonyl (C=O) groups is 2. The molecule has 35 heavy (non-hydrogen) atoms. The molecule has 0 aliphatic heterocycles. The standard InChI is InChI=1S/C25H34ClN3O5S/c1-17-11-12-20(14-22(17)26)29(35(7,32)33)16-23(30)28(18(2)24(31)27-25(3,4)5)15-19-9-8-10-21(13-19)34-6/h8-14,18H,15-16H2,1-7H3,(H,27,31)/t18-/m0/s1. The first kappa shape index (κ1) is 28.5.